The summed E-state index contributed by atoms with van der Waals surface area (Å²) in [6.07, 6.45) is -3.95. The van der Waals surface area contributed by atoms with Crippen molar-refractivity contribution in [2.45, 2.75) is 19.3 Å². The van der Waals surface area contributed by atoms with Crippen molar-refractivity contribution in [2.75, 3.05) is 13.2 Å². The van der Waals surface area contributed by atoms with Crippen LogP contribution in [0.2, 0.25) is 0 Å². The number of carbonyl (C=O) groups excluding carboxylic acids is 1. The lowest BCUT2D eigenvalue weighted by atomic mass is 10.4. The summed E-state index contributed by atoms with van der Waals surface area (Å²) in [6, 6.07) is 0. The summed E-state index contributed by atoms with van der Waals surface area (Å²) in [5.74, 6) is -4.45. The van der Waals surface area contributed by atoms with Crippen molar-refractivity contribution in [3.8, 4) is 0 Å². The van der Waals surface area contributed by atoms with Gasteiger partial charge < -0.3 is 4.74 Å². The van der Waals surface area contributed by atoms with Gasteiger partial charge in [-0.3, -0.25) is 0 Å². The molecule has 0 amide bonds. The smallest absolute Gasteiger partial charge is 0.419 e. The Kier molecular flexibility index (Phi) is 5.67. The highest BCUT2D eigenvalue weighted by Crippen LogP contribution is 2.28. The lowest BCUT2D eigenvalue weighted by Crippen LogP contribution is -2.32. The molecule has 1 atom stereocenters. The van der Waals surface area contributed by atoms with Crippen LogP contribution in [0.4, 0.5) is 22.4 Å². The zero-order chi connectivity index (χ0) is 12.1. The third kappa shape index (κ3) is 5.03. The first-order valence-corrected chi connectivity index (χ1v) is 4.92. The minimum absolute atomic E-state index is 0.0878. The third-order valence-electron chi connectivity index (χ3n) is 1.10. The van der Waals surface area contributed by atoms with Gasteiger partial charge in [-0.2, -0.15) is 13.6 Å². The lowest BCUT2D eigenvalue weighted by Gasteiger charge is -2.12. The van der Waals surface area contributed by atoms with Gasteiger partial charge >= 0.3 is 26.1 Å². The first-order chi connectivity index (χ1) is 6.81. The van der Waals surface area contributed by atoms with Gasteiger partial charge in [-0.25, -0.2) is 8.78 Å². The van der Waals surface area contributed by atoms with E-state index in [2.05, 4.69) is 9.26 Å². The van der Waals surface area contributed by atoms with Crippen molar-refractivity contribution in [3.05, 3.63) is 0 Å². The summed E-state index contributed by atoms with van der Waals surface area (Å²) in [6.45, 7) is -0.499. The summed E-state index contributed by atoms with van der Waals surface area (Å²) < 4.78 is 66.1. The Hall–Kier alpha value is -0.750. The van der Waals surface area contributed by atoms with Crippen molar-refractivity contribution in [3.63, 3.8) is 0 Å². The van der Waals surface area contributed by atoms with Crippen molar-refractivity contribution < 1.29 is 36.2 Å². The average molecular weight is 251 g/mol. The summed E-state index contributed by atoms with van der Waals surface area (Å²) in [4.78, 5) is 10.6. The number of rotatable bonds is 6. The molecule has 15 heavy (non-hydrogen) atoms. The fourth-order valence-electron chi connectivity index (χ4n) is 0.444. The van der Waals surface area contributed by atoms with Gasteiger partial charge in [0.1, 0.15) is 6.61 Å². The Balaban J connectivity index is 4.06. The molecular weight excluding hydrogens is 243 g/mol. The Morgan fingerprint density at radius 3 is 2.40 bits per heavy atom. The second-order valence-corrected chi connectivity index (χ2v) is 3.43. The number of carbonyl (C=O) groups is 1. The highest BCUT2D eigenvalue weighted by atomic mass is 31.1. The molecule has 0 bridgehead atoms. The van der Waals surface area contributed by atoms with E-state index in [9.17, 15) is 26.9 Å². The van der Waals surface area contributed by atoms with E-state index in [1.165, 1.54) is 6.92 Å². The van der Waals surface area contributed by atoms with Crippen LogP contribution in [0, 0.1) is 0 Å². The Labute approximate surface area is 83.4 Å². The monoisotopic (exact) mass is 251 g/mol. The van der Waals surface area contributed by atoms with E-state index in [0.717, 1.165) is 0 Å². The van der Waals surface area contributed by atoms with Crippen molar-refractivity contribution >= 4 is 13.7 Å². The van der Waals surface area contributed by atoms with Crippen LogP contribution in [-0.4, -0.2) is 31.3 Å². The van der Waals surface area contributed by atoms with Gasteiger partial charge in [0.2, 0.25) is 0 Å². The van der Waals surface area contributed by atoms with Crippen molar-refractivity contribution in [2.24, 2.45) is 0 Å². The molecule has 0 aliphatic heterocycles. The molecular formula is C6H8F4O4P+. The average Bonchev–Trinajstić information content (AvgIpc) is 2.14. The number of hydrogen-bond donors (Lipinski definition) is 0. The predicted molar refractivity (Wildman–Crippen MR) is 41.5 cm³/mol. The highest BCUT2D eigenvalue weighted by Gasteiger charge is 2.45. The fraction of sp³-hybridized carbons (Fsp3) is 0.833. The minimum atomic E-state index is -4.45. The molecule has 0 aromatic carbocycles. The van der Waals surface area contributed by atoms with Crippen LogP contribution in [0.5, 0.6) is 0 Å². The standard InChI is InChI=1S/C6H8F4O4P/c1-2-14-15(12)5(11)13-3-6(9,10)4(7)8/h4H,2-3H2,1H3/q+1. The maximum atomic E-state index is 12.2. The normalized spacial score (nSPS) is 12.8. The van der Waals surface area contributed by atoms with Gasteiger partial charge in [-0.15, -0.1) is 4.52 Å². The predicted octanol–water partition coefficient (Wildman–Crippen LogP) is 2.80. The van der Waals surface area contributed by atoms with E-state index in [0.29, 0.717) is 0 Å². The topological polar surface area (TPSA) is 52.6 Å². The molecule has 0 aromatic heterocycles. The second kappa shape index (κ2) is 5.97. The van der Waals surface area contributed by atoms with Gasteiger partial charge in [0.05, 0.1) is 0 Å². The number of ether oxygens (including phenoxy) is 1. The first-order valence-electron chi connectivity index (χ1n) is 3.74. The molecule has 4 nitrogen and oxygen atoms in total. The Bertz CT molecular complexity index is 245. The Morgan fingerprint density at radius 2 is 2.00 bits per heavy atom. The summed E-state index contributed by atoms with van der Waals surface area (Å²) >= 11 is 0. The molecule has 0 heterocycles. The molecule has 0 aliphatic rings. The van der Waals surface area contributed by atoms with E-state index in [-0.39, 0.29) is 6.61 Å². The molecule has 0 aliphatic carbocycles. The van der Waals surface area contributed by atoms with Gasteiger partial charge in [-0.1, -0.05) is 0 Å². The van der Waals surface area contributed by atoms with Crippen molar-refractivity contribution in [1.29, 1.82) is 0 Å². The molecule has 0 aromatic rings. The summed E-state index contributed by atoms with van der Waals surface area (Å²) in [7, 11) is -2.90. The molecule has 0 saturated heterocycles. The number of alkyl halides is 4. The molecule has 1 unspecified atom stereocenters. The van der Waals surface area contributed by atoms with Crippen LogP contribution < -0.4 is 0 Å². The van der Waals surface area contributed by atoms with Gasteiger partial charge in [0.15, 0.2) is 6.61 Å². The van der Waals surface area contributed by atoms with Gasteiger partial charge in [-0.05, 0) is 11.5 Å². The minimum Gasteiger partial charge on any atom is -0.419 e. The zero-order valence-electron chi connectivity index (χ0n) is 7.58. The maximum Gasteiger partial charge on any atom is 0.636 e. The van der Waals surface area contributed by atoms with Crippen LogP contribution in [0.1, 0.15) is 6.92 Å². The zero-order valence-corrected chi connectivity index (χ0v) is 8.48. The molecule has 0 spiro atoms. The molecule has 9 heteroatoms. The van der Waals surface area contributed by atoms with E-state index in [1.54, 1.807) is 0 Å². The summed E-state index contributed by atoms with van der Waals surface area (Å²) in [5.41, 5.74) is -1.58. The highest BCUT2D eigenvalue weighted by molar-refractivity contribution is 7.58. The lowest BCUT2D eigenvalue weighted by molar-refractivity contribution is -0.152. The van der Waals surface area contributed by atoms with Gasteiger partial charge in [0, 0.05) is 0 Å². The largest absolute Gasteiger partial charge is 0.636 e. The van der Waals surface area contributed by atoms with Crippen LogP contribution in [0.15, 0.2) is 0 Å². The van der Waals surface area contributed by atoms with Crippen LogP contribution >= 0.6 is 8.03 Å². The second-order valence-electron chi connectivity index (χ2n) is 2.29. The van der Waals surface area contributed by atoms with E-state index in [1.807, 2.05) is 0 Å². The maximum absolute atomic E-state index is 12.2. The van der Waals surface area contributed by atoms with Crippen molar-refractivity contribution in [1.82, 2.24) is 0 Å². The SMILES string of the molecule is CCO[P+](=O)C(=O)OCC(F)(F)C(F)F. The van der Waals surface area contributed by atoms with Crippen LogP contribution in [0.25, 0.3) is 0 Å². The molecule has 0 fully saturated rings. The molecule has 0 saturated carbocycles. The van der Waals surface area contributed by atoms with Crippen LogP contribution in [-0.2, 0) is 13.8 Å². The quantitative estimate of drug-likeness (QED) is 0.538. The number of halogens is 4. The molecule has 0 rings (SSSR count). The fourth-order valence-corrected chi connectivity index (χ4v) is 0.953. The van der Waals surface area contributed by atoms with Crippen LogP contribution in [0.3, 0.4) is 0 Å². The first kappa shape index (κ1) is 14.2. The molecule has 0 radical (unpaired) electrons. The molecule has 88 valence electrons. The van der Waals surface area contributed by atoms with E-state index < -0.39 is 32.7 Å². The number of hydrogen-bond acceptors (Lipinski definition) is 4. The molecule has 0 N–H and O–H groups in total. The van der Waals surface area contributed by atoms with Gasteiger partial charge in [0.25, 0.3) is 0 Å². The third-order valence-corrected chi connectivity index (χ3v) is 2.02. The van der Waals surface area contributed by atoms with E-state index >= 15 is 0 Å². The van der Waals surface area contributed by atoms with E-state index in [4.69, 9.17) is 0 Å². The Morgan fingerprint density at radius 1 is 1.47 bits per heavy atom. The summed E-state index contributed by atoms with van der Waals surface area (Å²) in [5, 5.41) is 0.